The molecule has 0 saturated carbocycles. The molecule has 2 amide bonds. The first-order valence-corrected chi connectivity index (χ1v) is 8.76. The minimum Gasteiger partial charge on any atom is -0.333 e. The van der Waals surface area contributed by atoms with Crippen molar-refractivity contribution in [2.45, 2.75) is 19.5 Å². The highest BCUT2D eigenvalue weighted by molar-refractivity contribution is 5.95. The van der Waals surface area contributed by atoms with Gasteiger partial charge in [0.15, 0.2) is 0 Å². The third-order valence-electron chi connectivity index (χ3n) is 5.04. The lowest BCUT2D eigenvalue weighted by atomic mass is 10.0. The number of benzene rings is 2. The molecular formula is C20H17F2N3O3. The number of halogens is 2. The lowest BCUT2D eigenvalue weighted by molar-refractivity contribution is -0.129. The fourth-order valence-electron chi connectivity index (χ4n) is 3.76. The van der Waals surface area contributed by atoms with E-state index in [2.05, 4.69) is 0 Å². The Morgan fingerprint density at radius 2 is 1.93 bits per heavy atom. The van der Waals surface area contributed by atoms with Gasteiger partial charge in [-0.2, -0.15) is 0 Å². The second-order valence-electron chi connectivity index (χ2n) is 6.66. The van der Waals surface area contributed by atoms with Crippen LogP contribution in [0.2, 0.25) is 0 Å². The lowest BCUT2D eigenvalue weighted by Crippen LogP contribution is -2.37. The average Bonchev–Trinajstić information content (AvgIpc) is 3.02. The van der Waals surface area contributed by atoms with Gasteiger partial charge in [0.2, 0.25) is 0 Å². The van der Waals surface area contributed by atoms with Gasteiger partial charge >= 0.3 is 0 Å². The zero-order valence-electron chi connectivity index (χ0n) is 14.8. The van der Waals surface area contributed by atoms with Crippen molar-refractivity contribution in [3.8, 4) is 0 Å². The molecule has 0 atom stereocenters. The number of nitrogens with one attached hydrogen (secondary N) is 1. The van der Waals surface area contributed by atoms with E-state index < -0.39 is 23.4 Å². The minimum absolute atomic E-state index is 0.122. The summed E-state index contributed by atoms with van der Waals surface area (Å²) < 4.78 is 29.3. The number of rotatable bonds is 3. The van der Waals surface area contributed by atoms with E-state index in [-0.39, 0.29) is 18.7 Å². The van der Waals surface area contributed by atoms with Crippen molar-refractivity contribution in [2.24, 2.45) is 0 Å². The van der Waals surface area contributed by atoms with Crippen LogP contribution in [0.4, 0.5) is 8.78 Å². The van der Waals surface area contributed by atoms with E-state index in [4.69, 9.17) is 5.21 Å². The molecule has 0 fully saturated rings. The molecule has 0 bridgehead atoms. The number of fused-ring (bicyclic) bond motifs is 3. The molecule has 1 aromatic heterocycles. The topological polar surface area (TPSA) is 74.6 Å². The first kappa shape index (κ1) is 18.1. The van der Waals surface area contributed by atoms with Gasteiger partial charge in [0.05, 0.1) is 12.1 Å². The summed E-state index contributed by atoms with van der Waals surface area (Å²) in [6.07, 6.45) is 0.520. The minimum atomic E-state index is -0.780. The highest BCUT2D eigenvalue weighted by Crippen LogP contribution is 2.31. The molecule has 6 nitrogen and oxygen atoms in total. The molecular weight excluding hydrogens is 368 g/mol. The van der Waals surface area contributed by atoms with Crippen molar-refractivity contribution in [2.75, 3.05) is 6.54 Å². The smallest absolute Gasteiger partial charge is 0.263 e. The molecule has 0 unspecified atom stereocenters. The van der Waals surface area contributed by atoms with E-state index in [0.717, 1.165) is 40.4 Å². The van der Waals surface area contributed by atoms with Gasteiger partial charge in [-0.05, 0) is 36.2 Å². The fourth-order valence-corrected chi connectivity index (χ4v) is 3.76. The van der Waals surface area contributed by atoms with Crippen molar-refractivity contribution < 1.29 is 23.6 Å². The molecule has 2 N–H and O–H groups in total. The largest absolute Gasteiger partial charge is 0.333 e. The van der Waals surface area contributed by atoms with E-state index in [1.807, 2.05) is 24.3 Å². The molecule has 28 heavy (non-hydrogen) atoms. The Morgan fingerprint density at radius 3 is 2.71 bits per heavy atom. The molecule has 0 aliphatic carbocycles. The zero-order chi connectivity index (χ0) is 19.8. The number of hydroxylamine groups is 1. The maximum atomic E-state index is 14.0. The number of hydrogen-bond donors (Lipinski definition) is 2. The van der Waals surface area contributed by atoms with Crippen LogP contribution in [-0.2, 0) is 24.3 Å². The summed E-state index contributed by atoms with van der Waals surface area (Å²) in [5.41, 5.74) is 3.85. The Balaban J connectivity index is 1.74. The summed E-state index contributed by atoms with van der Waals surface area (Å²) in [5.74, 6) is -2.66. The third-order valence-corrected chi connectivity index (χ3v) is 5.04. The van der Waals surface area contributed by atoms with Crippen LogP contribution in [0.3, 0.4) is 0 Å². The van der Waals surface area contributed by atoms with Crippen molar-refractivity contribution in [3.63, 3.8) is 0 Å². The quantitative estimate of drug-likeness (QED) is 0.538. The van der Waals surface area contributed by atoms with Gasteiger partial charge in [-0.3, -0.25) is 14.8 Å². The Hall–Kier alpha value is -3.26. The molecule has 3 aromatic rings. The number of carbonyl (C=O) groups is 2. The normalized spacial score (nSPS) is 13.5. The Kier molecular flexibility index (Phi) is 4.56. The van der Waals surface area contributed by atoms with Crippen LogP contribution in [0.1, 0.15) is 21.6 Å². The van der Waals surface area contributed by atoms with Gasteiger partial charge < -0.3 is 9.47 Å². The standard InChI is InChI=1S/C20H17F2N3O3/c21-12-5-6-16(22)15(9-12)20(27)24-8-7-14-13-3-1-2-4-17(13)25(18(14)10-24)11-19(26)23-28/h1-6,9,28H,7-8,10-11H2,(H,23,26). The molecule has 0 saturated heterocycles. The third kappa shape index (κ3) is 3.01. The summed E-state index contributed by atoms with van der Waals surface area (Å²) >= 11 is 0. The second kappa shape index (κ2) is 7.05. The molecule has 1 aliphatic rings. The first-order valence-electron chi connectivity index (χ1n) is 8.76. The predicted molar refractivity (Wildman–Crippen MR) is 96.7 cm³/mol. The van der Waals surface area contributed by atoms with Gasteiger partial charge in [-0.15, -0.1) is 0 Å². The van der Waals surface area contributed by atoms with Crippen LogP contribution >= 0.6 is 0 Å². The van der Waals surface area contributed by atoms with Gasteiger partial charge in [-0.25, -0.2) is 14.3 Å². The summed E-state index contributed by atoms with van der Waals surface area (Å²) in [6, 6.07) is 10.3. The number of para-hydroxylation sites is 1. The van der Waals surface area contributed by atoms with Crippen molar-refractivity contribution >= 4 is 22.7 Å². The number of nitrogens with zero attached hydrogens (tertiary/aromatic N) is 2. The summed E-state index contributed by atoms with van der Waals surface area (Å²) in [6.45, 7) is 0.377. The maximum Gasteiger partial charge on any atom is 0.263 e. The molecule has 8 heteroatoms. The van der Waals surface area contributed by atoms with E-state index in [9.17, 15) is 18.4 Å². The van der Waals surface area contributed by atoms with E-state index in [0.29, 0.717) is 13.0 Å². The number of amides is 2. The SMILES string of the molecule is O=C(Cn1c2c(c3ccccc31)CCN(C(=O)c1cc(F)ccc1F)C2)NO. The van der Waals surface area contributed by atoms with Gasteiger partial charge in [-0.1, -0.05) is 18.2 Å². The van der Waals surface area contributed by atoms with E-state index in [1.54, 1.807) is 10.0 Å². The van der Waals surface area contributed by atoms with Crippen molar-refractivity contribution in [3.05, 3.63) is 70.9 Å². The number of aromatic nitrogens is 1. The molecule has 0 spiro atoms. The van der Waals surface area contributed by atoms with Gasteiger partial charge in [0.25, 0.3) is 11.8 Å². The van der Waals surface area contributed by atoms with Crippen LogP contribution in [0, 0.1) is 11.6 Å². The van der Waals surface area contributed by atoms with Crippen LogP contribution in [0.15, 0.2) is 42.5 Å². The highest BCUT2D eigenvalue weighted by Gasteiger charge is 2.29. The van der Waals surface area contributed by atoms with E-state index >= 15 is 0 Å². The van der Waals surface area contributed by atoms with Crippen LogP contribution < -0.4 is 5.48 Å². The van der Waals surface area contributed by atoms with Crippen molar-refractivity contribution in [1.82, 2.24) is 14.9 Å². The maximum absolute atomic E-state index is 14.0. The molecule has 144 valence electrons. The summed E-state index contributed by atoms with van der Waals surface area (Å²) in [4.78, 5) is 26.0. The number of carbonyl (C=O) groups excluding carboxylic acids is 2. The first-order chi connectivity index (χ1) is 13.5. The monoisotopic (exact) mass is 385 g/mol. The Labute approximate surface area is 158 Å². The van der Waals surface area contributed by atoms with Crippen LogP contribution in [-0.4, -0.2) is 33.0 Å². The molecule has 2 aromatic carbocycles. The summed E-state index contributed by atoms with van der Waals surface area (Å²) in [7, 11) is 0. The molecule has 1 aliphatic heterocycles. The van der Waals surface area contributed by atoms with Crippen molar-refractivity contribution in [1.29, 1.82) is 0 Å². The highest BCUT2D eigenvalue weighted by atomic mass is 19.1. The predicted octanol–water partition coefficient (Wildman–Crippen LogP) is 2.62. The lowest BCUT2D eigenvalue weighted by Gasteiger charge is -2.28. The number of hydrogen-bond acceptors (Lipinski definition) is 3. The Morgan fingerprint density at radius 1 is 1.14 bits per heavy atom. The van der Waals surface area contributed by atoms with Gasteiger partial charge in [0, 0.05) is 23.1 Å². The van der Waals surface area contributed by atoms with Crippen LogP contribution in [0.5, 0.6) is 0 Å². The molecule has 2 heterocycles. The van der Waals surface area contributed by atoms with Gasteiger partial charge in [0.1, 0.15) is 18.2 Å². The fraction of sp³-hybridized carbons (Fsp3) is 0.200. The second-order valence-corrected chi connectivity index (χ2v) is 6.66. The zero-order valence-corrected chi connectivity index (χ0v) is 14.8. The molecule has 4 rings (SSSR count). The molecule has 0 radical (unpaired) electrons. The van der Waals surface area contributed by atoms with E-state index in [1.165, 1.54) is 4.90 Å². The Bertz CT molecular complexity index is 1090. The summed E-state index contributed by atoms with van der Waals surface area (Å²) in [5, 5.41) is 9.87. The van der Waals surface area contributed by atoms with Crippen LogP contribution in [0.25, 0.3) is 10.9 Å². The average molecular weight is 385 g/mol.